The summed E-state index contributed by atoms with van der Waals surface area (Å²) in [5, 5.41) is 9.14. The molecule has 0 unspecified atom stereocenters. The van der Waals surface area contributed by atoms with E-state index in [4.69, 9.17) is 9.94 Å². The summed E-state index contributed by atoms with van der Waals surface area (Å²) in [6, 6.07) is 14.3. The van der Waals surface area contributed by atoms with E-state index in [9.17, 15) is 17.6 Å². The first kappa shape index (κ1) is 23.3. The van der Waals surface area contributed by atoms with Crippen molar-refractivity contribution in [1.82, 2.24) is 14.8 Å². The van der Waals surface area contributed by atoms with Crippen LogP contribution in [0.1, 0.15) is 19.4 Å². The van der Waals surface area contributed by atoms with Crippen LogP contribution >= 0.6 is 0 Å². The summed E-state index contributed by atoms with van der Waals surface area (Å²) in [5.41, 5.74) is 0.471. The molecule has 32 heavy (non-hydrogen) atoms. The summed E-state index contributed by atoms with van der Waals surface area (Å²) in [4.78, 5) is 16.2. The fourth-order valence-corrected chi connectivity index (χ4v) is 4.67. The molecule has 0 aliphatic carbocycles. The van der Waals surface area contributed by atoms with Gasteiger partial charge in [-0.3, -0.25) is 15.0 Å². The third-order valence-electron chi connectivity index (χ3n) is 4.79. The third kappa shape index (κ3) is 5.10. The van der Waals surface area contributed by atoms with Crippen LogP contribution in [0.25, 0.3) is 0 Å². The fourth-order valence-electron chi connectivity index (χ4n) is 2.94. The molecule has 10 heteroatoms. The van der Waals surface area contributed by atoms with E-state index in [1.807, 2.05) is 0 Å². The maximum absolute atomic E-state index is 13.5. The lowest BCUT2D eigenvalue weighted by molar-refractivity contribution is -0.137. The molecular weight excluding hydrogens is 437 g/mol. The molecule has 8 nitrogen and oxygen atoms in total. The topological polar surface area (TPSA) is 109 Å². The third-order valence-corrected chi connectivity index (χ3v) is 6.82. The number of sulfonamides is 1. The Labute approximate surface area is 185 Å². The predicted molar refractivity (Wildman–Crippen MR) is 114 cm³/mol. The minimum Gasteiger partial charge on any atom is -0.457 e. The first-order chi connectivity index (χ1) is 15.1. The summed E-state index contributed by atoms with van der Waals surface area (Å²) in [6.45, 7) is 2.63. The van der Waals surface area contributed by atoms with Gasteiger partial charge in [0.05, 0.1) is 4.90 Å². The summed E-state index contributed by atoms with van der Waals surface area (Å²) >= 11 is 0. The van der Waals surface area contributed by atoms with Crippen molar-refractivity contribution in [2.24, 2.45) is 0 Å². The van der Waals surface area contributed by atoms with Crippen molar-refractivity contribution >= 4 is 15.9 Å². The maximum atomic E-state index is 13.5. The number of ether oxygens (including phenoxy) is 1. The molecule has 3 rings (SSSR count). The Morgan fingerprint density at radius 2 is 1.69 bits per heavy atom. The van der Waals surface area contributed by atoms with Gasteiger partial charge >= 0.3 is 0 Å². The van der Waals surface area contributed by atoms with E-state index in [0.29, 0.717) is 17.1 Å². The number of benzene rings is 2. The molecule has 0 radical (unpaired) electrons. The molecule has 2 aromatic carbocycles. The molecule has 1 heterocycles. The van der Waals surface area contributed by atoms with Crippen molar-refractivity contribution < 1.29 is 27.5 Å². The van der Waals surface area contributed by atoms with Gasteiger partial charge in [0.25, 0.3) is 5.91 Å². The van der Waals surface area contributed by atoms with Crippen LogP contribution < -0.4 is 10.2 Å². The van der Waals surface area contributed by atoms with E-state index in [1.165, 1.54) is 74.1 Å². The van der Waals surface area contributed by atoms with E-state index in [-0.39, 0.29) is 11.4 Å². The van der Waals surface area contributed by atoms with E-state index in [1.54, 1.807) is 18.3 Å². The van der Waals surface area contributed by atoms with Crippen molar-refractivity contribution in [3.05, 3.63) is 84.4 Å². The zero-order chi connectivity index (χ0) is 23.4. The Morgan fingerprint density at radius 1 is 1.09 bits per heavy atom. The van der Waals surface area contributed by atoms with Crippen molar-refractivity contribution in [1.29, 1.82) is 0 Å². The second-order valence-electron chi connectivity index (χ2n) is 7.40. The Morgan fingerprint density at radius 3 is 2.22 bits per heavy atom. The number of amides is 1. The second-order valence-corrected chi connectivity index (χ2v) is 9.26. The van der Waals surface area contributed by atoms with Gasteiger partial charge in [0.15, 0.2) is 0 Å². The van der Waals surface area contributed by atoms with Crippen LogP contribution in [-0.4, -0.2) is 34.4 Å². The smallest absolute Gasteiger partial charge is 0.264 e. The number of carbonyl (C=O) groups excluding carboxylic acids is 1. The van der Waals surface area contributed by atoms with Crippen LogP contribution in [-0.2, 0) is 21.4 Å². The van der Waals surface area contributed by atoms with Crippen LogP contribution in [0.3, 0.4) is 0 Å². The molecule has 0 atom stereocenters. The maximum Gasteiger partial charge on any atom is 0.264 e. The predicted octanol–water partition coefficient (Wildman–Crippen LogP) is 3.49. The van der Waals surface area contributed by atoms with Gasteiger partial charge < -0.3 is 4.74 Å². The molecular formula is C22H22FN3O5S. The Hall–Kier alpha value is -3.34. The monoisotopic (exact) mass is 459 g/mol. The van der Waals surface area contributed by atoms with E-state index >= 15 is 0 Å². The minimum absolute atomic E-state index is 0.0772. The number of nitrogens with one attached hydrogen (secondary N) is 1. The number of halogens is 1. The van der Waals surface area contributed by atoms with Crippen LogP contribution in [0.15, 0.2) is 78.0 Å². The van der Waals surface area contributed by atoms with Gasteiger partial charge in [0.1, 0.15) is 22.9 Å². The number of carbonyl (C=O) groups is 1. The summed E-state index contributed by atoms with van der Waals surface area (Å²) < 4.78 is 46.6. The summed E-state index contributed by atoms with van der Waals surface area (Å²) in [7, 11) is -4.18. The number of hydroxylamine groups is 1. The number of nitrogens with zero attached hydrogens (tertiary/aromatic N) is 2. The van der Waals surface area contributed by atoms with Gasteiger partial charge in [0, 0.05) is 18.9 Å². The quantitative estimate of drug-likeness (QED) is 0.394. The molecule has 0 saturated carbocycles. The first-order valence-corrected chi connectivity index (χ1v) is 11.0. The van der Waals surface area contributed by atoms with Crippen molar-refractivity contribution in [2.45, 2.75) is 30.8 Å². The molecule has 1 amide bonds. The molecule has 1 aromatic heterocycles. The molecule has 3 aromatic rings. The molecule has 0 aliphatic heterocycles. The van der Waals surface area contributed by atoms with Gasteiger partial charge in [-0.15, -0.1) is 0 Å². The lowest BCUT2D eigenvalue weighted by Crippen LogP contribution is -2.56. The fraction of sp³-hybridized carbons (Fsp3) is 0.182. The lowest BCUT2D eigenvalue weighted by atomic mass is 10.0. The van der Waals surface area contributed by atoms with Crippen molar-refractivity contribution in [3.63, 3.8) is 0 Å². The molecule has 0 saturated heterocycles. The van der Waals surface area contributed by atoms with E-state index < -0.39 is 27.3 Å². The van der Waals surface area contributed by atoms with Gasteiger partial charge in [-0.05, 0) is 74.0 Å². The minimum atomic E-state index is -4.18. The number of aromatic nitrogens is 1. The van der Waals surface area contributed by atoms with Crippen LogP contribution in [0.5, 0.6) is 11.5 Å². The van der Waals surface area contributed by atoms with E-state index in [0.717, 1.165) is 4.31 Å². The standard InChI is InChI=1S/C22H22FN3O5S/c1-22(2,21(27)25-28)26(15-16-4-3-13-24-14-16)32(29,30)20-11-9-19(10-12-20)31-18-7-5-17(23)6-8-18/h3-14,28H,15H2,1-2H3,(H,25,27). The molecule has 0 aliphatic rings. The Kier molecular flexibility index (Phi) is 6.87. The number of pyridine rings is 1. The average Bonchev–Trinajstić information content (AvgIpc) is 2.79. The lowest BCUT2D eigenvalue weighted by Gasteiger charge is -2.35. The van der Waals surface area contributed by atoms with Gasteiger partial charge in [-0.25, -0.2) is 18.3 Å². The van der Waals surface area contributed by atoms with Crippen LogP contribution in [0.4, 0.5) is 4.39 Å². The highest BCUT2D eigenvalue weighted by Crippen LogP contribution is 2.29. The number of hydrogen-bond donors (Lipinski definition) is 2. The Bertz CT molecular complexity index is 1170. The molecule has 0 bridgehead atoms. The highest BCUT2D eigenvalue weighted by Gasteiger charge is 2.42. The molecule has 2 N–H and O–H groups in total. The highest BCUT2D eigenvalue weighted by molar-refractivity contribution is 7.89. The molecule has 168 valence electrons. The largest absolute Gasteiger partial charge is 0.457 e. The Balaban J connectivity index is 1.93. The van der Waals surface area contributed by atoms with Gasteiger partial charge in [-0.1, -0.05) is 6.07 Å². The van der Waals surface area contributed by atoms with Crippen molar-refractivity contribution in [3.8, 4) is 11.5 Å². The molecule has 0 spiro atoms. The summed E-state index contributed by atoms with van der Waals surface area (Å²) in [6.07, 6.45) is 3.04. The van der Waals surface area contributed by atoms with Crippen LogP contribution in [0, 0.1) is 5.82 Å². The van der Waals surface area contributed by atoms with Gasteiger partial charge in [0.2, 0.25) is 10.0 Å². The number of hydrogen-bond acceptors (Lipinski definition) is 6. The molecule has 0 fully saturated rings. The highest BCUT2D eigenvalue weighted by atomic mass is 32.2. The summed E-state index contributed by atoms with van der Waals surface area (Å²) in [5.74, 6) is -0.550. The van der Waals surface area contributed by atoms with Crippen molar-refractivity contribution in [2.75, 3.05) is 0 Å². The first-order valence-electron chi connectivity index (χ1n) is 9.54. The second kappa shape index (κ2) is 9.43. The SMILES string of the molecule is CC(C)(C(=O)NO)N(Cc1cccnc1)S(=O)(=O)c1ccc(Oc2ccc(F)cc2)cc1. The normalized spacial score (nSPS) is 11.9. The zero-order valence-corrected chi connectivity index (χ0v) is 18.2. The number of rotatable bonds is 8. The average molecular weight is 459 g/mol. The zero-order valence-electron chi connectivity index (χ0n) is 17.4. The van der Waals surface area contributed by atoms with Crippen LogP contribution in [0.2, 0.25) is 0 Å². The van der Waals surface area contributed by atoms with E-state index in [2.05, 4.69) is 4.98 Å². The van der Waals surface area contributed by atoms with Gasteiger partial charge in [-0.2, -0.15) is 4.31 Å².